The zero-order valence-electron chi connectivity index (χ0n) is 4.90. The third kappa shape index (κ3) is 6.92. The second-order valence-corrected chi connectivity index (χ2v) is 13.1. The van der Waals surface area contributed by atoms with Crippen LogP contribution in [0.5, 0.6) is 0 Å². The molecule has 0 aromatic heterocycles. The molecule has 0 saturated carbocycles. The van der Waals surface area contributed by atoms with Gasteiger partial charge in [-0.1, -0.05) is 19.1 Å². The fourth-order valence-corrected chi connectivity index (χ4v) is 2.06. The Bertz CT molecular complexity index is 70.8. The normalized spacial score (nSPS) is 11.5. The number of halogens is 2. The van der Waals surface area contributed by atoms with Gasteiger partial charge in [0.25, 0.3) is 0 Å². The van der Waals surface area contributed by atoms with E-state index in [1.54, 1.807) is 0 Å². The summed E-state index contributed by atoms with van der Waals surface area (Å²) in [6.07, 6.45) is 5.57. The van der Waals surface area contributed by atoms with Crippen LogP contribution >= 0.6 is 30.6 Å². The van der Waals surface area contributed by atoms with Gasteiger partial charge in [-0.15, -0.1) is 30.6 Å². The van der Waals surface area contributed by atoms with E-state index in [1.165, 1.54) is 6.04 Å². The first-order chi connectivity index (χ1) is 3.77. The van der Waals surface area contributed by atoms with Crippen molar-refractivity contribution in [1.29, 1.82) is 0 Å². The highest BCUT2D eigenvalue weighted by atomic mass is 79.9. The minimum Gasteiger partial charge on any atom is -0.115 e. The molecule has 0 amide bonds. The highest BCUT2D eigenvalue weighted by Crippen LogP contribution is 2.08. The van der Waals surface area contributed by atoms with Crippen LogP contribution in [0.4, 0.5) is 0 Å². The molecule has 0 aliphatic carbocycles. The average molecular weight is 258 g/mol. The Balaban J connectivity index is 3.03. The highest BCUT2D eigenvalue weighted by Gasteiger charge is 1.92. The van der Waals surface area contributed by atoms with Crippen molar-refractivity contribution in [2.45, 2.75) is 19.4 Å². The molecule has 0 atom stereocenters. The molecule has 0 rings (SSSR count). The van der Waals surface area contributed by atoms with Gasteiger partial charge in [-0.3, -0.25) is 0 Å². The highest BCUT2D eigenvalue weighted by molar-refractivity contribution is 9.49. The van der Waals surface area contributed by atoms with Gasteiger partial charge in [-0.2, -0.15) is 0 Å². The van der Waals surface area contributed by atoms with E-state index >= 15 is 0 Å². The summed E-state index contributed by atoms with van der Waals surface area (Å²) in [5, 5.41) is 0. The predicted molar refractivity (Wildman–Crippen MR) is 49.2 cm³/mol. The Morgan fingerprint density at radius 2 is 2.00 bits per heavy atom. The molecule has 0 nitrogen and oxygen atoms in total. The maximum absolute atomic E-state index is 3.51. The number of allylic oxidation sites excluding steroid dienone is 2. The summed E-state index contributed by atoms with van der Waals surface area (Å²) in [6.45, 7) is 2.15. The van der Waals surface area contributed by atoms with Gasteiger partial charge < -0.3 is 0 Å². The smallest absolute Gasteiger partial charge is 0.115 e. The first-order valence-corrected chi connectivity index (χ1v) is 9.89. The van der Waals surface area contributed by atoms with Gasteiger partial charge in [-0.25, -0.2) is 0 Å². The fraction of sp³-hybridized carbons (Fsp3) is 0.600. The zero-order valence-corrected chi connectivity index (χ0v) is 9.23. The van der Waals surface area contributed by atoms with Crippen LogP contribution < -0.4 is 0 Å². The molecule has 0 unspecified atom stereocenters. The van der Waals surface area contributed by atoms with Gasteiger partial charge >= 0.3 is 0 Å². The molecule has 0 aromatic rings. The molecule has 0 N–H and O–H groups in total. The van der Waals surface area contributed by atoms with Gasteiger partial charge in [0.15, 0.2) is 6.04 Å². The summed E-state index contributed by atoms with van der Waals surface area (Å²) in [5.41, 5.74) is 0. The lowest BCUT2D eigenvalue weighted by molar-refractivity contribution is 1.22. The van der Waals surface area contributed by atoms with Crippen molar-refractivity contribution in [2.24, 2.45) is 0 Å². The first kappa shape index (κ1) is 8.92. The molecular weight excluding hydrogens is 248 g/mol. The van der Waals surface area contributed by atoms with Crippen molar-refractivity contribution in [3.63, 3.8) is 0 Å². The van der Waals surface area contributed by atoms with Crippen LogP contribution in [-0.2, 0) is 0 Å². The average Bonchev–Trinajstić information content (AvgIpc) is 1.66. The molecule has 0 heterocycles. The summed E-state index contributed by atoms with van der Waals surface area (Å²) in [4.78, 5) is 0. The molecule has 0 aliphatic heterocycles. The van der Waals surface area contributed by atoms with Gasteiger partial charge in [0.2, 0.25) is 0 Å². The largest absolute Gasteiger partial charge is 0.190 e. The van der Waals surface area contributed by atoms with Crippen molar-refractivity contribution in [2.75, 3.05) is 0 Å². The Morgan fingerprint density at radius 1 is 1.38 bits per heavy atom. The van der Waals surface area contributed by atoms with Crippen LogP contribution in [0.1, 0.15) is 13.3 Å². The number of hydrogen-bond donors (Lipinski definition) is 0. The molecule has 0 fully saturated rings. The lowest BCUT2D eigenvalue weighted by Gasteiger charge is -1.87. The van der Waals surface area contributed by atoms with Crippen LogP contribution in [0.25, 0.3) is 0 Å². The van der Waals surface area contributed by atoms with Gasteiger partial charge in [0, 0.05) is 0 Å². The van der Waals surface area contributed by atoms with Gasteiger partial charge in [-0.05, 0) is 12.5 Å². The van der Waals surface area contributed by atoms with E-state index in [2.05, 4.69) is 49.7 Å². The van der Waals surface area contributed by atoms with E-state index in [0.717, 1.165) is 6.42 Å². The van der Waals surface area contributed by atoms with Gasteiger partial charge in [0.1, 0.15) is 0 Å². The summed E-state index contributed by atoms with van der Waals surface area (Å²) >= 11 is 7.02. The van der Waals surface area contributed by atoms with Crippen molar-refractivity contribution in [1.82, 2.24) is 0 Å². The summed E-state index contributed by atoms with van der Waals surface area (Å²) in [7, 11) is 0. The minimum atomic E-state index is -0.664. The maximum Gasteiger partial charge on any atom is 0.190 e. The molecule has 0 aromatic carbocycles. The van der Waals surface area contributed by atoms with E-state index in [0.29, 0.717) is 0 Å². The third-order valence-corrected chi connectivity index (χ3v) is 3.59. The third-order valence-electron chi connectivity index (χ3n) is 0.717. The molecule has 8 heavy (non-hydrogen) atoms. The topological polar surface area (TPSA) is 0 Å². The van der Waals surface area contributed by atoms with E-state index in [-0.39, 0.29) is 0 Å². The lowest BCUT2D eigenvalue weighted by atomic mass is 10.4. The van der Waals surface area contributed by atoms with E-state index < -0.39 is 6.04 Å². The van der Waals surface area contributed by atoms with Crippen LogP contribution in [0.3, 0.4) is 0 Å². The lowest BCUT2D eigenvalue weighted by Crippen LogP contribution is -1.83. The fourth-order valence-electron chi connectivity index (χ4n) is 0.366. The van der Waals surface area contributed by atoms with Crippen molar-refractivity contribution >= 4 is 36.6 Å². The molecule has 0 radical (unpaired) electrons. The Morgan fingerprint density at radius 3 is 2.38 bits per heavy atom. The SMILES string of the molecule is CCC=CC[SiH](Br)Br. The summed E-state index contributed by atoms with van der Waals surface area (Å²) in [6, 6.07) is 0.538. The predicted octanol–water partition coefficient (Wildman–Crippen LogP) is 2.96. The van der Waals surface area contributed by atoms with E-state index in [4.69, 9.17) is 0 Å². The standard InChI is InChI=1S/C5H10Br2Si/c1-2-3-4-5-8(6)7/h3-4,8H,2,5H2,1H3. The Hall–Kier alpha value is 0.917. The number of rotatable bonds is 3. The Labute approximate surface area is 68.1 Å². The number of hydrogen-bond acceptors (Lipinski definition) is 0. The summed E-state index contributed by atoms with van der Waals surface area (Å²) < 4.78 is 0. The molecule has 3 heteroatoms. The van der Waals surface area contributed by atoms with Crippen LogP contribution in [0.15, 0.2) is 12.2 Å². The monoisotopic (exact) mass is 256 g/mol. The minimum absolute atomic E-state index is 0.664. The zero-order chi connectivity index (χ0) is 6.41. The molecule has 0 aliphatic rings. The molecule has 0 saturated heterocycles. The first-order valence-electron chi connectivity index (χ1n) is 2.70. The van der Waals surface area contributed by atoms with Crippen LogP contribution in [0.2, 0.25) is 6.04 Å². The van der Waals surface area contributed by atoms with Crippen molar-refractivity contribution in [3.8, 4) is 0 Å². The van der Waals surface area contributed by atoms with Gasteiger partial charge in [0.05, 0.1) is 0 Å². The van der Waals surface area contributed by atoms with Crippen LogP contribution in [-0.4, -0.2) is 6.04 Å². The molecule has 0 bridgehead atoms. The van der Waals surface area contributed by atoms with Crippen molar-refractivity contribution in [3.05, 3.63) is 12.2 Å². The Kier molecular flexibility index (Phi) is 6.74. The maximum atomic E-state index is 3.51. The summed E-state index contributed by atoms with van der Waals surface area (Å²) in [5.74, 6) is 0. The van der Waals surface area contributed by atoms with Crippen LogP contribution in [0, 0.1) is 0 Å². The quantitative estimate of drug-likeness (QED) is 0.414. The molecule has 48 valence electrons. The molecular formula is C5H10Br2Si. The van der Waals surface area contributed by atoms with E-state index in [9.17, 15) is 0 Å². The van der Waals surface area contributed by atoms with Crippen molar-refractivity contribution < 1.29 is 0 Å². The molecule has 0 spiro atoms. The second-order valence-electron chi connectivity index (χ2n) is 1.51. The second kappa shape index (κ2) is 6.04. The van der Waals surface area contributed by atoms with E-state index in [1.807, 2.05) is 0 Å².